The number of benzene rings is 1. The molecule has 1 N–H and O–H groups in total. The number of hydrogen-bond donors (Lipinski definition) is 1. The molecule has 0 aliphatic carbocycles. The molecule has 1 aromatic carbocycles. The van der Waals surface area contributed by atoms with Gasteiger partial charge < -0.3 is 10.0 Å². The van der Waals surface area contributed by atoms with E-state index in [1.807, 2.05) is 6.07 Å². The average Bonchev–Trinajstić information content (AvgIpc) is 3.02. The minimum Gasteiger partial charge on any atom is -0.480 e. The number of aliphatic carboxylic acids is 1. The molecule has 6 heteroatoms. The summed E-state index contributed by atoms with van der Waals surface area (Å²) in [7, 11) is 0. The maximum atomic E-state index is 12.3. The number of carboxylic acid groups (broad SMARTS) is 1. The number of carbonyl (C=O) groups excluding carboxylic acids is 2. The third-order valence-electron chi connectivity index (χ3n) is 3.72. The minimum absolute atomic E-state index is 0.0727. The Balaban J connectivity index is 1.89. The molecule has 22 heavy (non-hydrogen) atoms. The molecular weight excluding hydrogens is 302 g/mol. The van der Waals surface area contributed by atoms with E-state index < -0.39 is 12.0 Å². The number of amides is 1. The number of hydrogen-bond acceptors (Lipinski definition) is 4. The summed E-state index contributed by atoms with van der Waals surface area (Å²) < 4.78 is 0. The molecule has 1 aliphatic rings. The molecule has 0 bridgehead atoms. The Morgan fingerprint density at radius 2 is 2.00 bits per heavy atom. The molecule has 1 amide bonds. The highest BCUT2D eigenvalue weighted by molar-refractivity contribution is 8.14. The number of likely N-dealkylation sites (tertiary alicyclic amines) is 1. The van der Waals surface area contributed by atoms with Crippen LogP contribution in [0.2, 0.25) is 0 Å². The van der Waals surface area contributed by atoms with Crippen molar-refractivity contribution >= 4 is 28.8 Å². The zero-order valence-electron chi connectivity index (χ0n) is 12.4. The van der Waals surface area contributed by atoms with Crippen molar-refractivity contribution in [2.75, 3.05) is 12.3 Å². The number of carboxylic acids is 1. The molecule has 2 rings (SSSR count). The van der Waals surface area contributed by atoms with Crippen LogP contribution >= 0.6 is 11.8 Å². The van der Waals surface area contributed by atoms with Crippen LogP contribution in [-0.4, -0.2) is 45.3 Å². The van der Waals surface area contributed by atoms with Gasteiger partial charge in [0, 0.05) is 23.8 Å². The monoisotopic (exact) mass is 321 g/mol. The maximum Gasteiger partial charge on any atom is 0.326 e. The molecule has 1 aliphatic heterocycles. The lowest BCUT2D eigenvalue weighted by molar-refractivity contribution is -0.149. The fourth-order valence-electron chi connectivity index (χ4n) is 2.50. The third-order valence-corrected chi connectivity index (χ3v) is 4.88. The van der Waals surface area contributed by atoms with E-state index >= 15 is 0 Å². The quantitative estimate of drug-likeness (QED) is 0.900. The molecule has 1 saturated heterocycles. The number of nitrogens with zero attached hydrogens (tertiary/aromatic N) is 1. The summed E-state index contributed by atoms with van der Waals surface area (Å²) in [6.45, 7) is 2.22. The van der Waals surface area contributed by atoms with Gasteiger partial charge in [0.2, 0.25) is 11.0 Å². The Morgan fingerprint density at radius 1 is 1.32 bits per heavy atom. The summed E-state index contributed by atoms with van der Waals surface area (Å²) in [5.74, 6) is -1.16. The van der Waals surface area contributed by atoms with E-state index in [1.165, 1.54) is 4.90 Å². The lowest BCUT2D eigenvalue weighted by atomic mass is 10.1. The van der Waals surface area contributed by atoms with Crippen LogP contribution in [0.25, 0.3) is 0 Å². The van der Waals surface area contributed by atoms with E-state index in [4.69, 9.17) is 5.11 Å². The Bertz CT molecular complexity index is 561. The van der Waals surface area contributed by atoms with E-state index in [2.05, 4.69) is 0 Å². The smallest absolute Gasteiger partial charge is 0.326 e. The van der Waals surface area contributed by atoms with Crippen molar-refractivity contribution in [3.8, 4) is 0 Å². The van der Waals surface area contributed by atoms with Gasteiger partial charge in [-0.25, -0.2) is 4.79 Å². The van der Waals surface area contributed by atoms with E-state index in [9.17, 15) is 14.4 Å². The van der Waals surface area contributed by atoms with Crippen molar-refractivity contribution in [3.63, 3.8) is 0 Å². The van der Waals surface area contributed by atoms with Crippen molar-refractivity contribution < 1.29 is 19.5 Å². The molecule has 1 aromatic rings. The van der Waals surface area contributed by atoms with Gasteiger partial charge in [-0.15, -0.1) is 0 Å². The first-order chi connectivity index (χ1) is 10.5. The molecule has 5 nitrogen and oxygen atoms in total. The second-order valence-corrected chi connectivity index (χ2v) is 6.39. The Morgan fingerprint density at radius 3 is 2.64 bits per heavy atom. The average molecular weight is 321 g/mol. The van der Waals surface area contributed by atoms with Crippen LogP contribution in [0, 0.1) is 5.92 Å². The van der Waals surface area contributed by atoms with Gasteiger partial charge in [0.15, 0.2) is 0 Å². The predicted octanol–water partition coefficient (Wildman–Crippen LogP) is 2.27. The Hall–Kier alpha value is -1.82. The molecule has 118 valence electrons. The highest BCUT2D eigenvalue weighted by atomic mass is 32.2. The first-order valence-electron chi connectivity index (χ1n) is 7.26. The van der Waals surface area contributed by atoms with Crippen LogP contribution in [0.4, 0.5) is 0 Å². The van der Waals surface area contributed by atoms with Crippen molar-refractivity contribution in [1.82, 2.24) is 4.90 Å². The maximum absolute atomic E-state index is 12.3. The van der Waals surface area contributed by atoms with Crippen LogP contribution in [0.3, 0.4) is 0 Å². The van der Waals surface area contributed by atoms with Crippen LogP contribution < -0.4 is 0 Å². The topological polar surface area (TPSA) is 74.7 Å². The van der Waals surface area contributed by atoms with Gasteiger partial charge in [-0.05, 0) is 12.8 Å². The lowest BCUT2D eigenvalue weighted by Gasteiger charge is -2.24. The first-order valence-corrected chi connectivity index (χ1v) is 8.24. The summed E-state index contributed by atoms with van der Waals surface area (Å²) in [5.41, 5.74) is 0.608. The normalized spacial score (nSPS) is 19.0. The van der Waals surface area contributed by atoms with E-state index in [1.54, 1.807) is 31.2 Å². The van der Waals surface area contributed by atoms with Gasteiger partial charge in [-0.3, -0.25) is 9.59 Å². The largest absolute Gasteiger partial charge is 0.480 e. The van der Waals surface area contributed by atoms with Gasteiger partial charge in [0.05, 0.1) is 0 Å². The fraction of sp³-hybridized carbons (Fsp3) is 0.438. The second-order valence-electron chi connectivity index (χ2n) is 5.39. The summed E-state index contributed by atoms with van der Waals surface area (Å²) in [6.07, 6.45) is 1.22. The highest BCUT2D eigenvalue weighted by Crippen LogP contribution is 2.22. The molecule has 1 heterocycles. The zero-order valence-corrected chi connectivity index (χ0v) is 13.2. The van der Waals surface area contributed by atoms with E-state index in [0.29, 0.717) is 30.7 Å². The molecular formula is C16H19NO4S. The van der Waals surface area contributed by atoms with Crippen molar-refractivity contribution in [3.05, 3.63) is 35.9 Å². The second kappa shape index (κ2) is 7.45. The summed E-state index contributed by atoms with van der Waals surface area (Å²) >= 11 is 1.10. The lowest BCUT2D eigenvalue weighted by Crippen LogP contribution is -2.43. The fourth-order valence-corrected chi connectivity index (χ4v) is 3.35. The summed E-state index contributed by atoms with van der Waals surface area (Å²) in [4.78, 5) is 36.9. The van der Waals surface area contributed by atoms with Crippen LogP contribution in [0.5, 0.6) is 0 Å². The molecule has 0 saturated carbocycles. The first kappa shape index (κ1) is 16.5. The molecule has 1 fully saturated rings. The van der Waals surface area contributed by atoms with Gasteiger partial charge in [0.1, 0.15) is 6.04 Å². The van der Waals surface area contributed by atoms with Crippen molar-refractivity contribution in [1.29, 1.82) is 0 Å². The number of rotatable bonds is 5. The Labute approximate surface area is 133 Å². The number of thioether (sulfide) groups is 1. The molecule has 0 radical (unpaired) electrons. The molecule has 0 aromatic heterocycles. The molecule has 2 atom stereocenters. The minimum atomic E-state index is -0.953. The highest BCUT2D eigenvalue weighted by Gasteiger charge is 2.35. The number of carbonyl (C=O) groups is 3. The standard InChI is InChI=1S/C16H19NO4S/c1-11(10-22-16(21)12-6-3-2-4-7-12)14(18)17-9-5-8-13(17)15(19)20/h2-4,6-7,11,13H,5,8-10H2,1H3,(H,19,20)/t11-,13+/m1/s1. The van der Waals surface area contributed by atoms with E-state index in [0.717, 1.165) is 11.8 Å². The Kier molecular flexibility index (Phi) is 5.60. The van der Waals surface area contributed by atoms with Crippen molar-refractivity contribution in [2.24, 2.45) is 5.92 Å². The van der Waals surface area contributed by atoms with Gasteiger partial charge >= 0.3 is 5.97 Å². The van der Waals surface area contributed by atoms with Crippen LogP contribution in [-0.2, 0) is 9.59 Å². The van der Waals surface area contributed by atoms with Gasteiger partial charge in [-0.2, -0.15) is 0 Å². The van der Waals surface area contributed by atoms with Gasteiger partial charge in [-0.1, -0.05) is 49.0 Å². The van der Waals surface area contributed by atoms with Crippen molar-refractivity contribution in [2.45, 2.75) is 25.8 Å². The SMILES string of the molecule is C[C@H](CSC(=O)c1ccccc1)C(=O)N1CCC[C@H]1C(=O)O. The van der Waals surface area contributed by atoms with E-state index in [-0.39, 0.29) is 16.9 Å². The predicted molar refractivity (Wildman–Crippen MR) is 84.8 cm³/mol. The molecule has 0 unspecified atom stereocenters. The summed E-state index contributed by atoms with van der Waals surface area (Å²) in [5, 5.41) is 9.06. The van der Waals surface area contributed by atoms with Gasteiger partial charge in [0.25, 0.3) is 0 Å². The van der Waals surface area contributed by atoms with Crippen LogP contribution in [0.15, 0.2) is 30.3 Å². The van der Waals surface area contributed by atoms with Crippen LogP contribution in [0.1, 0.15) is 30.1 Å². The molecule has 0 spiro atoms. The third kappa shape index (κ3) is 3.88. The zero-order chi connectivity index (χ0) is 16.1. The summed E-state index contributed by atoms with van der Waals surface area (Å²) in [6, 6.07) is 8.19.